The Bertz CT molecular complexity index is 919. The number of H-pyrrole nitrogens is 1. The summed E-state index contributed by atoms with van der Waals surface area (Å²) in [5.41, 5.74) is 4.16. The van der Waals surface area contributed by atoms with E-state index < -0.39 is 0 Å². The summed E-state index contributed by atoms with van der Waals surface area (Å²) in [5, 5.41) is 1.82. The van der Waals surface area contributed by atoms with E-state index in [-0.39, 0.29) is 5.91 Å². The number of nitrogens with one attached hydrogen (secondary N) is 1. The average Bonchev–Trinajstić information content (AvgIpc) is 2.92. The molecule has 116 valence electrons. The van der Waals surface area contributed by atoms with Crippen molar-refractivity contribution >= 4 is 44.3 Å². The Labute approximate surface area is 147 Å². The van der Waals surface area contributed by atoms with Crippen LogP contribution in [-0.2, 0) is 13.0 Å². The van der Waals surface area contributed by atoms with Crippen LogP contribution in [0.5, 0.6) is 0 Å². The van der Waals surface area contributed by atoms with E-state index in [1.807, 2.05) is 47.4 Å². The summed E-state index contributed by atoms with van der Waals surface area (Å²) in [6.07, 6.45) is 0.831. The van der Waals surface area contributed by atoms with Crippen LogP contribution in [-0.4, -0.2) is 22.3 Å². The van der Waals surface area contributed by atoms with Crippen LogP contribution in [0.15, 0.2) is 46.9 Å². The van der Waals surface area contributed by atoms with Crippen LogP contribution in [0.4, 0.5) is 0 Å². The number of hydrogen-bond acceptors (Lipinski definition) is 1. The molecule has 0 saturated carbocycles. The fourth-order valence-electron chi connectivity index (χ4n) is 3.16. The highest BCUT2D eigenvalue weighted by atomic mass is 79.9. The molecule has 1 amide bonds. The number of halogens is 2. The summed E-state index contributed by atoms with van der Waals surface area (Å²) in [4.78, 5) is 18.2. The van der Waals surface area contributed by atoms with Gasteiger partial charge in [0.2, 0.25) is 0 Å². The Morgan fingerprint density at radius 1 is 1.22 bits per heavy atom. The average molecular weight is 390 g/mol. The van der Waals surface area contributed by atoms with Crippen molar-refractivity contribution in [1.82, 2.24) is 9.88 Å². The maximum Gasteiger partial charge on any atom is 0.255 e. The first-order valence-electron chi connectivity index (χ1n) is 7.46. The van der Waals surface area contributed by atoms with Crippen molar-refractivity contribution in [2.24, 2.45) is 0 Å². The highest BCUT2D eigenvalue weighted by Gasteiger charge is 2.25. The molecule has 2 heterocycles. The van der Waals surface area contributed by atoms with Crippen molar-refractivity contribution < 1.29 is 4.79 Å². The minimum Gasteiger partial charge on any atom is -0.358 e. The van der Waals surface area contributed by atoms with E-state index in [1.165, 1.54) is 11.3 Å². The van der Waals surface area contributed by atoms with Gasteiger partial charge in [-0.3, -0.25) is 4.79 Å². The summed E-state index contributed by atoms with van der Waals surface area (Å²) in [5.74, 6) is 0.0551. The van der Waals surface area contributed by atoms with Gasteiger partial charge in [-0.05, 0) is 46.3 Å². The quantitative estimate of drug-likeness (QED) is 0.638. The number of benzene rings is 2. The van der Waals surface area contributed by atoms with Crippen LogP contribution in [0.25, 0.3) is 10.9 Å². The summed E-state index contributed by atoms with van der Waals surface area (Å²) in [7, 11) is 0. The number of carbonyl (C=O) groups is 1. The molecule has 0 radical (unpaired) electrons. The van der Waals surface area contributed by atoms with Gasteiger partial charge in [0.1, 0.15) is 0 Å². The van der Waals surface area contributed by atoms with Gasteiger partial charge < -0.3 is 9.88 Å². The van der Waals surface area contributed by atoms with E-state index in [0.717, 1.165) is 21.8 Å². The molecule has 1 N–H and O–H groups in total. The Kier molecular flexibility index (Phi) is 3.66. The highest BCUT2D eigenvalue weighted by molar-refractivity contribution is 9.10. The smallest absolute Gasteiger partial charge is 0.255 e. The lowest BCUT2D eigenvalue weighted by molar-refractivity contribution is 0.0734. The molecule has 2 aromatic carbocycles. The van der Waals surface area contributed by atoms with Gasteiger partial charge in [-0.1, -0.05) is 23.7 Å². The molecule has 1 aliphatic rings. The number of carbonyl (C=O) groups excluding carboxylic acids is 1. The van der Waals surface area contributed by atoms with E-state index in [9.17, 15) is 4.79 Å². The maximum absolute atomic E-state index is 12.8. The zero-order valence-electron chi connectivity index (χ0n) is 12.3. The first-order valence-corrected chi connectivity index (χ1v) is 8.63. The Morgan fingerprint density at radius 2 is 2.04 bits per heavy atom. The summed E-state index contributed by atoms with van der Waals surface area (Å²) in [6, 6.07) is 13.4. The number of rotatable bonds is 1. The van der Waals surface area contributed by atoms with Gasteiger partial charge in [-0.15, -0.1) is 0 Å². The van der Waals surface area contributed by atoms with E-state index in [2.05, 4.69) is 20.9 Å². The molecule has 1 aliphatic heterocycles. The molecule has 0 saturated heterocycles. The number of hydrogen-bond donors (Lipinski definition) is 1. The van der Waals surface area contributed by atoms with Gasteiger partial charge in [-0.25, -0.2) is 0 Å². The lowest BCUT2D eigenvalue weighted by atomic mass is 10.0. The fourth-order valence-corrected chi connectivity index (χ4v) is 3.79. The van der Waals surface area contributed by atoms with E-state index in [1.54, 1.807) is 0 Å². The Hall–Kier alpha value is -1.78. The predicted octanol–water partition coefficient (Wildman–Crippen LogP) is 4.78. The molecule has 0 fully saturated rings. The van der Waals surface area contributed by atoms with Crippen molar-refractivity contribution in [3.8, 4) is 0 Å². The van der Waals surface area contributed by atoms with Gasteiger partial charge >= 0.3 is 0 Å². The lowest BCUT2D eigenvalue weighted by Crippen LogP contribution is -2.35. The first-order chi connectivity index (χ1) is 11.1. The normalized spacial score (nSPS) is 14.1. The third kappa shape index (κ3) is 2.56. The second-order valence-corrected chi connectivity index (χ2v) is 7.02. The van der Waals surface area contributed by atoms with E-state index in [0.29, 0.717) is 23.7 Å². The molecular formula is C18H14BrClN2O. The van der Waals surface area contributed by atoms with Crippen LogP contribution >= 0.6 is 27.5 Å². The molecule has 0 unspecified atom stereocenters. The number of aromatic amines is 1. The van der Waals surface area contributed by atoms with Crippen LogP contribution in [0.1, 0.15) is 21.6 Å². The number of aromatic nitrogens is 1. The van der Waals surface area contributed by atoms with E-state index >= 15 is 0 Å². The molecule has 1 aromatic heterocycles. The number of amides is 1. The van der Waals surface area contributed by atoms with Crippen molar-refractivity contribution in [3.63, 3.8) is 0 Å². The standard InChI is InChI=1S/C18H14BrClN2O/c19-15-4-2-1-3-12(15)18(23)22-8-7-17-14(10-22)13-9-11(20)5-6-16(13)21-17/h1-6,9,21H,7-8,10H2. The summed E-state index contributed by atoms with van der Waals surface area (Å²) >= 11 is 9.60. The first kappa shape index (κ1) is 14.8. The lowest BCUT2D eigenvalue weighted by Gasteiger charge is -2.27. The fraction of sp³-hybridized carbons (Fsp3) is 0.167. The molecule has 0 atom stereocenters. The Balaban J connectivity index is 1.71. The zero-order chi connectivity index (χ0) is 16.0. The van der Waals surface area contributed by atoms with Crippen molar-refractivity contribution in [1.29, 1.82) is 0 Å². The van der Waals surface area contributed by atoms with Crippen LogP contribution in [0.2, 0.25) is 5.02 Å². The molecular weight excluding hydrogens is 376 g/mol. The van der Waals surface area contributed by atoms with Gasteiger partial charge in [0, 0.05) is 51.2 Å². The molecule has 4 rings (SSSR count). The molecule has 0 aliphatic carbocycles. The topological polar surface area (TPSA) is 36.1 Å². The van der Waals surface area contributed by atoms with Gasteiger partial charge in [0.15, 0.2) is 0 Å². The minimum absolute atomic E-state index is 0.0551. The van der Waals surface area contributed by atoms with Gasteiger partial charge in [-0.2, -0.15) is 0 Å². The molecule has 3 aromatic rings. The van der Waals surface area contributed by atoms with Crippen LogP contribution in [0, 0.1) is 0 Å². The number of fused-ring (bicyclic) bond motifs is 3. The van der Waals surface area contributed by atoms with Gasteiger partial charge in [0.25, 0.3) is 5.91 Å². The monoisotopic (exact) mass is 388 g/mol. The van der Waals surface area contributed by atoms with Gasteiger partial charge in [0.05, 0.1) is 5.56 Å². The minimum atomic E-state index is 0.0551. The molecule has 0 bridgehead atoms. The molecule has 0 spiro atoms. The largest absolute Gasteiger partial charge is 0.358 e. The second-order valence-electron chi connectivity index (χ2n) is 5.73. The van der Waals surface area contributed by atoms with Crippen molar-refractivity contribution in [2.45, 2.75) is 13.0 Å². The molecule has 5 heteroatoms. The maximum atomic E-state index is 12.8. The molecule has 23 heavy (non-hydrogen) atoms. The van der Waals surface area contributed by atoms with Crippen LogP contribution in [0.3, 0.4) is 0 Å². The summed E-state index contributed by atoms with van der Waals surface area (Å²) in [6.45, 7) is 1.32. The van der Waals surface area contributed by atoms with Crippen LogP contribution < -0.4 is 0 Å². The van der Waals surface area contributed by atoms with Crippen molar-refractivity contribution in [2.75, 3.05) is 6.54 Å². The second kappa shape index (κ2) is 5.69. The van der Waals surface area contributed by atoms with Crippen molar-refractivity contribution in [3.05, 3.63) is 68.8 Å². The molecule has 3 nitrogen and oxygen atoms in total. The SMILES string of the molecule is O=C(c1ccccc1Br)N1CCc2[nH]c3ccc(Cl)cc3c2C1. The Morgan fingerprint density at radius 3 is 2.87 bits per heavy atom. The third-order valence-corrected chi connectivity index (χ3v) is 5.26. The predicted molar refractivity (Wildman–Crippen MR) is 95.9 cm³/mol. The highest BCUT2D eigenvalue weighted by Crippen LogP contribution is 2.30. The van der Waals surface area contributed by atoms with E-state index in [4.69, 9.17) is 11.6 Å². The summed E-state index contributed by atoms with van der Waals surface area (Å²) < 4.78 is 0.831. The third-order valence-electron chi connectivity index (χ3n) is 4.33. The number of nitrogens with zero attached hydrogens (tertiary/aromatic N) is 1. The zero-order valence-corrected chi connectivity index (χ0v) is 14.6.